The van der Waals surface area contributed by atoms with Crippen molar-refractivity contribution in [2.24, 2.45) is 12.8 Å². The number of hydrogen-bond acceptors (Lipinski definition) is 4. The van der Waals surface area contributed by atoms with Gasteiger partial charge in [0.25, 0.3) is 5.91 Å². The smallest absolute Gasteiger partial charge is 0.316 e. The number of aryl methyl sites for hydroxylation is 1. The molecule has 0 unspecified atom stereocenters. The van der Waals surface area contributed by atoms with Crippen LogP contribution in [0.4, 0.5) is 22.0 Å². The number of benzene rings is 1. The number of carbonyl (C=O) groups excluding carboxylic acids is 2. The zero-order chi connectivity index (χ0) is 14.7. The Bertz CT molecular complexity index is 664. The van der Waals surface area contributed by atoms with Gasteiger partial charge in [0, 0.05) is 24.6 Å². The number of anilines is 3. The van der Waals surface area contributed by atoms with Crippen LogP contribution in [0.2, 0.25) is 0 Å². The summed E-state index contributed by atoms with van der Waals surface area (Å²) in [7, 11) is 1.67. The molecular weight excluding hydrogens is 260 g/mol. The Balaban J connectivity index is 2.15. The van der Waals surface area contributed by atoms with Gasteiger partial charge in [-0.1, -0.05) is 6.07 Å². The number of nitrogen functional groups attached to an aromatic ring is 1. The molecule has 1 heterocycles. The molecule has 8 heteroatoms. The highest BCUT2D eigenvalue weighted by molar-refractivity contribution is 6.07. The summed E-state index contributed by atoms with van der Waals surface area (Å²) in [6.45, 7) is 0. The van der Waals surface area contributed by atoms with Gasteiger partial charge in [-0.05, 0) is 18.2 Å². The van der Waals surface area contributed by atoms with E-state index in [1.165, 1.54) is 10.9 Å². The first kappa shape index (κ1) is 13.4. The second-order valence-electron chi connectivity index (χ2n) is 4.13. The van der Waals surface area contributed by atoms with Crippen LogP contribution in [0.1, 0.15) is 10.4 Å². The van der Waals surface area contributed by atoms with Crippen molar-refractivity contribution in [2.45, 2.75) is 0 Å². The third kappa shape index (κ3) is 3.05. The van der Waals surface area contributed by atoms with Crippen molar-refractivity contribution in [1.82, 2.24) is 9.78 Å². The van der Waals surface area contributed by atoms with Crippen LogP contribution in [0, 0.1) is 0 Å². The van der Waals surface area contributed by atoms with Gasteiger partial charge in [-0.2, -0.15) is 5.10 Å². The number of primary amides is 1. The summed E-state index contributed by atoms with van der Waals surface area (Å²) in [5, 5.41) is 8.97. The predicted molar refractivity (Wildman–Crippen MR) is 75.2 cm³/mol. The highest BCUT2D eigenvalue weighted by Crippen LogP contribution is 2.17. The number of rotatable bonds is 3. The monoisotopic (exact) mass is 274 g/mol. The number of nitrogens with two attached hydrogens (primary N) is 2. The van der Waals surface area contributed by atoms with E-state index >= 15 is 0 Å². The lowest BCUT2D eigenvalue weighted by atomic mass is 10.2. The summed E-state index contributed by atoms with van der Waals surface area (Å²) >= 11 is 0. The van der Waals surface area contributed by atoms with E-state index in [0.717, 1.165) is 0 Å². The highest BCUT2D eigenvalue weighted by Gasteiger charge is 2.13. The second kappa shape index (κ2) is 5.31. The van der Waals surface area contributed by atoms with Gasteiger partial charge in [-0.3, -0.25) is 9.48 Å². The molecule has 20 heavy (non-hydrogen) atoms. The van der Waals surface area contributed by atoms with Gasteiger partial charge in [0.05, 0.1) is 0 Å². The summed E-state index contributed by atoms with van der Waals surface area (Å²) in [5.74, 6) is -0.233. The van der Waals surface area contributed by atoms with E-state index in [1.807, 2.05) is 0 Å². The summed E-state index contributed by atoms with van der Waals surface area (Å²) in [6.07, 6.45) is 1.52. The van der Waals surface area contributed by atoms with E-state index in [4.69, 9.17) is 11.5 Å². The molecule has 2 aromatic rings. The molecule has 2 rings (SSSR count). The molecule has 8 nitrogen and oxygen atoms in total. The lowest BCUT2D eigenvalue weighted by Gasteiger charge is -2.07. The van der Waals surface area contributed by atoms with Crippen LogP contribution < -0.4 is 22.1 Å². The fourth-order valence-electron chi connectivity index (χ4n) is 1.70. The number of hydrogen-bond donors (Lipinski definition) is 4. The predicted octanol–water partition coefficient (Wildman–Crippen LogP) is 0.745. The van der Waals surface area contributed by atoms with E-state index in [-0.39, 0.29) is 17.3 Å². The highest BCUT2D eigenvalue weighted by atomic mass is 16.2. The van der Waals surface area contributed by atoms with Gasteiger partial charge in [0.2, 0.25) is 0 Å². The SMILES string of the molecule is Cn1cc(C(=O)Nc2cccc(NC(N)=O)c2)c(N)n1. The van der Waals surface area contributed by atoms with Crippen molar-refractivity contribution in [2.75, 3.05) is 16.4 Å². The Morgan fingerprint density at radius 3 is 2.45 bits per heavy atom. The number of aromatic nitrogens is 2. The molecule has 1 aromatic carbocycles. The van der Waals surface area contributed by atoms with E-state index in [2.05, 4.69) is 15.7 Å². The molecule has 6 N–H and O–H groups in total. The number of amides is 3. The average molecular weight is 274 g/mol. The fraction of sp³-hybridized carbons (Fsp3) is 0.0833. The molecule has 0 aliphatic heterocycles. The fourth-order valence-corrected chi connectivity index (χ4v) is 1.70. The van der Waals surface area contributed by atoms with Crippen LogP contribution >= 0.6 is 0 Å². The molecule has 0 radical (unpaired) electrons. The van der Waals surface area contributed by atoms with Crippen LogP contribution in [0.5, 0.6) is 0 Å². The molecule has 0 spiro atoms. The zero-order valence-electron chi connectivity index (χ0n) is 10.8. The molecule has 0 saturated heterocycles. The lowest BCUT2D eigenvalue weighted by molar-refractivity contribution is 0.102. The Kier molecular flexibility index (Phi) is 3.56. The van der Waals surface area contributed by atoms with Crippen molar-refractivity contribution in [3.63, 3.8) is 0 Å². The van der Waals surface area contributed by atoms with Crippen molar-refractivity contribution in [3.05, 3.63) is 36.0 Å². The third-order valence-electron chi connectivity index (χ3n) is 2.49. The maximum Gasteiger partial charge on any atom is 0.316 e. The van der Waals surface area contributed by atoms with Gasteiger partial charge < -0.3 is 22.1 Å². The minimum atomic E-state index is -0.676. The topological polar surface area (TPSA) is 128 Å². The molecule has 3 amide bonds. The maximum absolute atomic E-state index is 12.0. The summed E-state index contributed by atoms with van der Waals surface area (Å²) < 4.78 is 1.45. The van der Waals surface area contributed by atoms with Gasteiger partial charge in [-0.25, -0.2) is 4.79 Å². The lowest BCUT2D eigenvalue weighted by Crippen LogP contribution is -2.19. The normalized spacial score (nSPS) is 10.1. The first-order chi connectivity index (χ1) is 9.45. The van der Waals surface area contributed by atoms with Crippen LogP contribution in [0.15, 0.2) is 30.5 Å². The van der Waals surface area contributed by atoms with Crippen molar-refractivity contribution < 1.29 is 9.59 Å². The number of carbonyl (C=O) groups is 2. The number of urea groups is 1. The van der Waals surface area contributed by atoms with Gasteiger partial charge in [0.1, 0.15) is 5.56 Å². The Morgan fingerprint density at radius 1 is 1.25 bits per heavy atom. The summed E-state index contributed by atoms with van der Waals surface area (Å²) in [5.41, 5.74) is 11.9. The van der Waals surface area contributed by atoms with Crippen LogP contribution in [-0.2, 0) is 7.05 Å². The molecule has 104 valence electrons. The molecule has 0 aliphatic rings. The number of nitrogens with one attached hydrogen (secondary N) is 2. The Morgan fingerprint density at radius 2 is 1.90 bits per heavy atom. The largest absolute Gasteiger partial charge is 0.382 e. The van der Waals surface area contributed by atoms with Crippen LogP contribution in [-0.4, -0.2) is 21.7 Å². The quantitative estimate of drug-likeness (QED) is 0.658. The van der Waals surface area contributed by atoms with Gasteiger partial charge >= 0.3 is 6.03 Å². The van der Waals surface area contributed by atoms with Crippen LogP contribution in [0.3, 0.4) is 0 Å². The molecule has 0 saturated carbocycles. The first-order valence-corrected chi connectivity index (χ1v) is 5.72. The van der Waals surface area contributed by atoms with E-state index in [9.17, 15) is 9.59 Å². The zero-order valence-corrected chi connectivity index (χ0v) is 10.8. The first-order valence-electron chi connectivity index (χ1n) is 5.72. The van der Waals surface area contributed by atoms with Crippen molar-refractivity contribution in [3.8, 4) is 0 Å². The van der Waals surface area contributed by atoms with Crippen molar-refractivity contribution in [1.29, 1.82) is 0 Å². The molecule has 0 fully saturated rings. The van der Waals surface area contributed by atoms with Crippen LogP contribution in [0.25, 0.3) is 0 Å². The van der Waals surface area contributed by atoms with E-state index in [0.29, 0.717) is 11.4 Å². The van der Waals surface area contributed by atoms with Gasteiger partial charge in [0.15, 0.2) is 5.82 Å². The second-order valence-corrected chi connectivity index (χ2v) is 4.13. The maximum atomic E-state index is 12.0. The molecular formula is C12H14N6O2. The molecule has 1 aromatic heterocycles. The van der Waals surface area contributed by atoms with E-state index < -0.39 is 6.03 Å². The summed E-state index contributed by atoms with van der Waals surface area (Å²) in [4.78, 5) is 22.8. The van der Waals surface area contributed by atoms with Gasteiger partial charge in [-0.15, -0.1) is 0 Å². The Labute approximate surface area is 114 Å². The molecule has 0 bridgehead atoms. The van der Waals surface area contributed by atoms with E-state index in [1.54, 1.807) is 31.3 Å². The minimum absolute atomic E-state index is 0.149. The standard InChI is InChI=1S/C12H14N6O2/c1-18-6-9(10(13)17-18)11(19)15-7-3-2-4-8(5-7)16-12(14)20/h2-6H,1H3,(H2,13,17)(H,15,19)(H3,14,16,20). The summed E-state index contributed by atoms with van der Waals surface area (Å²) in [6, 6.07) is 5.91. The molecule has 0 atom stereocenters. The minimum Gasteiger partial charge on any atom is -0.382 e. The Hall–Kier alpha value is -3.03. The third-order valence-corrected chi connectivity index (χ3v) is 2.49. The van der Waals surface area contributed by atoms with Crippen molar-refractivity contribution >= 4 is 29.1 Å². The molecule has 0 aliphatic carbocycles. The average Bonchev–Trinajstić information content (AvgIpc) is 2.68. The number of nitrogens with zero attached hydrogens (tertiary/aromatic N) is 2.